The van der Waals surface area contributed by atoms with Crippen LogP contribution in [0.2, 0.25) is 0 Å². The molecule has 2 aromatic carbocycles. The maximum atomic E-state index is 13.7. The number of halogens is 1. The zero-order chi connectivity index (χ0) is 19.5. The number of rotatable bonds is 6. The Morgan fingerprint density at radius 1 is 1.21 bits per heavy atom. The van der Waals surface area contributed by atoms with Gasteiger partial charge in [-0.05, 0) is 30.3 Å². The Hall–Kier alpha value is -3.19. The van der Waals surface area contributed by atoms with Gasteiger partial charge >= 0.3 is 0 Å². The molecule has 5 nitrogen and oxygen atoms in total. The number of imidazole rings is 1. The first-order valence-electron chi connectivity index (χ1n) is 8.74. The molecular weight excluding hydrogens is 377 g/mol. The highest BCUT2D eigenvalue weighted by Crippen LogP contribution is 2.25. The minimum atomic E-state index is -0.320. The SMILES string of the molecule is COc1ccc(-c2cn3c(CC(=O)NCc4ccccc4F)csc3n2)cc1. The van der Waals surface area contributed by atoms with E-state index < -0.39 is 0 Å². The van der Waals surface area contributed by atoms with Crippen LogP contribution < -0.4 is 10.1 Å². The van der Waals surface area contributed by atoms with Gasteiger partial charge in [0.1, 0.15) is 11.6 Å². The van der Waals surface area contributed by atoms with Crippen molar-refractivity contribution in [1.82, 2.24) is 14.7 Å². The molecule has 0 fully saturated rings. The maximum absolute atomic E-state index is 13.7. The summed E-state index contributed by atoms with van der Waals surface area (Å²) in [6.07, 6.45) is 2.12. The van der Waals surface area contributed by atoms with E-state index in [0.29, 0.717) is 5.56 Å². The molecule has 4 rings (SSSR count). The molecule has 1 N–H and O–H groups in total. The predicted molar refractivity (Wildman–Crippen MR) is 107 cm³/mol. The van der Waals surface area contributed by atoms with Crippen LogP contribution in [0.1, 0.15) is 11.3 Å². The van der Waals surface area contributed by atoms with Crippen molar-refractivity contribution in [3.63, 3.8) is 0 Å². The van der Waals surface area contributed by atoms with Gasteiger partial charge in [0.05, 0.1) is 19.2 Å². The molecule has 0 spiro atoms. The van der Waals surface area contributed by atoms with Crippen LogP contribution in [0, 0.1) is 5.82 Å². The molecule has 28 heavy (non-hydrogen) atoms. The van der Waals surface area contributed by atoms with Crippen LogP contribution >= 0.6 is 11.3 Å². The van der Waals surface area contributed by atoms with Gasteiger partial charge in [0.2, 0.25) is 5.91 Å². The van der Waals surface area contributed by atoms with E-state index >= 15 is 0 Å². The first-order valence-corrected chi connectivity index (χ1v) is 9.62. The lowest BCUT2D eigenvalue weighted by Crippen LogP contribution is -2.25. The molecule has 0 atom stereocenters. The Morgan fingerprint density at radius 2 is 2.00 bits per heavy atom. The number of nitrogens with zero attached hydrogens (tertiary/aromatic N) is 2. The van der Waals surface area contributed by atoms with Gasteiger partial charge in [0.15, 0.2) is 4.96 Å². The molecule has 142 valence electrons. The topological polar surface area (TPSA) is 55.6 Å². The third-order valence-corrected chi connectivity index (χ3v) is 5.33. The molecule has 0 radical (unpaired) electrons. The molecule has 4 aromatic rings. The molecule has 1 amide bonds. The Bertz CT molecular complexity index is 1120. The summed E-state index contributed by atoms with van der Waals surface area (Å²) in [5, 5.41) is 4.69. The third kappa shape index (κ3) is 3.75. The standard InChI is InChI=1S/C21H18FN3O2S/c1-27-17-8-6-14(7-9-17)19-12-25-16(13-28-21(25)24-19)10-20(26)23-11-15-4-2-3-5-18(15)22/h2-9,12-13H,10-11H2,1H3,(H,23,26). The minimum absolute atomic E-state index is 0.164. The van der Waals surface area contributed by atoms with E-state index in [1.165, 1.54) is 17.4 Å². The van der Waals surface area contributed by atoms with Gasteiger partial charge in [-0.2, -0.15) is 0 Å². The van der Waals surface area contributed by atoms with Crippen LogP contribution in [0.25, 0.3) is 16.2 Å². The number of thiazole rings is 1. The normalized spacial score (nSPS) is 10.9. The third-order valence-electron chi connectivity index (χ3n) is 4.44. The van der Waals surface area contributed by atoms with Crippen LogP contribution in [0.15, 0.2) is 60.1 Å². The van der Waals surface area contributed by atoms with E-state index in [1.54, 1.807) is 25.3 Å². The van der Waals surface area contributed by atoms with Crippen molar-refractivity contribution in [2.45, 2.75) is 13.0 Å². The second-order valence-corrected chi connectivity index (χ2v) is 7.12. The molecule has 0 aliphatic rings. The highest BCUT2D eigenvalue weighted by molar-refractivity contribution is 7.15. The lowest BCUT2D eigenvalue weighted by Gasteiger charge is -2.06. The second kappa shape index (κ2) is 7.82. The number of aromatic nitrogens is 2. The average Bonchev–Trinajstić information content (AvgIpc) is 3.29. The second-order valence-electron chi connectivity index (χ2n) is 6.28. The summed E-state index contributed by atoms with van der Waals surface area (Å²) in [5.74, 6) is 0.305. The number of ether oxygens (including phenoxy) is 1. The van der Waals surface area contributed by atoms with Gasteiger partial charge in [-0.3, -0.25) is 9.20 Å². The number of benzene rings is 2. The molecule has 0 aliphatic carbocycles. The molecule has 0 aliphatic heterocycles. The molecular formula is C21H18FN3O2S. The van der Waals surface area contributed by atoms with Gasteiger partial charge in [-0.25, -0.2) is 9.37 Å². The highest BCUT2D eigenvalue weighted by Gasteiger charge is 2.13. The van der Waals surface area contributed by atoms with Crippen LogP contribution in [0.4, 0.5) is 4.39 Å². The van der Waals surface area contributed by atoms with Crippen molar-refractivity contribution < 1.29 is 13.9 Å². The number of nitrogens with one attached hydrogen (secondary N) is 1. The fraction of sp³-hybridized carbons (Fsp3) is 0.143. The van der Waals surface area contributed by atoms with E-state index in [9.17, 15) is 9.18 Å². The minimum Gasteiger partial charge on any atom is -0.497 e. The Balaban J connectivity index is 1.47. The van der Waals surface area contributed by atoms with Crippen molar-refractivity contribution in [2.75, 3.05) is 7.11 Å². The van der Waals surface area contributed by atoms with Crippen molar-refractivity contribution in [3.8, 4) is 17.0 Å². The highest BCUT2D eigenvalue weighted by atomic mass is 32.1. The number of hydrogen-bond acceptors (Lipinski definition) is 4. The first-order chi connectivity index (χ1) is 13.6. The van der Waals surface area contributed by atoms with Crippen molar-refractivity contribution in [2.24, 2.45) is 0 Å². The Labute approximate surface area is 165 Å². The summed E-state index contributed by atoms with van der Waals surface area (Å²) in [6.45, 7) is 0.166. The van der Waals surface area contributed by atoms with Gasteiger partial charge in [-0.15, -0.1) is 11.3 Å². The van der Waals surface area contributed by atoms with Crippen LogP contribution in [0.3, 0.4) is 0 Å². The van der Waals surface area contributed by atoms with E-state index in [0.717, 1.165) is 27.7 Å². The van der Waals surface area contributed by atoms with Crippen molar-refractivity contribution in [1.29, 1.82) is 0 Å². The monoisotopic (exact) mass is 395 g/mol. The van der Waals surface area contributed by atoms with Crippen LogP contribution in [-0.4, -0.2) is 22.4 Å². The summed E-state index contributed by atoms with van der Waals surface area (Å²) < 4.78 is 20.8. The zero-order valence-corrected chi connectivity index (χ0v) is 16.0. The Morgan fingerprint density at radius 3 is 2.75 bits per heavy atom. The average molecular weight is 395 g/mol. The zero-order valence-electron chi connectivity index (χ0n) is 15.2. The van der Waals surface area contributed by atoms with Crippen LogP contribution in [-0.2, 0) is 17.8 Å². The van der Waals surface area contributed by atoms with Gasteiger partial charge in [0, 0.05) is 34.9 Å². The quantitative estimate of drug-likeness (QED) is 0.535. The summed E-state index contributed by atoms with van der Waals surface area (Å²) in [6, 6.07) is 14.1. The van der Waals surface area contributed by atoms with E-state index in [2.05, 4.69) is 10.3 Å². The fourth-order valence-corrected chi connectivity index (χ4v) is 3.79. The molecule has 0 saturated carbocycles. The number of carbonyl (C=O) groups is 1. The largest absolute Gasteiger partial charge is 0.497 e. The summed E-state index contributed by atoms with van der Waals surface area (Å²) in [4.78, 5) is 17.8. The molecule has 0 saturated heterocycles. The number of fused-ring (bicyclic) bond motifs is 1. The molecule has 2 heterocycles. The summed E-state index contributed by atoms with van der Waals surface area (Å²) >= 11 is 1.48. The molecule has 0 bridgehead atoms. The Kier molecular flexibility index (Phi) is 5.08. The van der Waals surface area contributed by atoms with E-state index in [4.69, 9.17) is 4.74 Å². The number of hydrogen-bond donors (Lipinski definition) is 1. The molecule has 7 heteroatoms. The van der Waals surface area contributed by atoms with Crippen molar-refractivity contribution >= 4 is 22.2 Å². The van der Waals surface area contributed by atoms with E-state index in [1.807, 2.05) is 40.2 Å². The van der Waals surface area contributed by atoms with Crippen LogP contribution in [0.5, 0.6) is 5.75 Å². The lowest BCUT2D eigenvalue weighted by molar-refractivity contribution is -0.120. The van der Waals surface area contributed by atoms with E-state index in [-0.39, 0.29) is 24.7 Å². The smallest absolute Gasteiger partial charge is 0.226 e. The lowest BCUT2D eigenvalue weighted by atomic mass is 10.1. The van der Waals surface area contributed by atoms with Gasteiger partial charge in [-0.1, -0.05) is 18.2 Å². The number of carbonyl (C=O) groups excluding carboxylic acids is 1. The summed E-state index contributed by atoms with van der Waals surface area (Å²) in [5.41, 5.74) is 3.13. The first kappa shape index (κ1) is 18.2. The predicted octanol–water partition coefficient (Wildman–Crippen LogP) is 4.07. The molecule has 0 unspecified atom stereocenters. The number of amides is 1. The number of methoxy groups -OCH3 is 1. The van der Waals surface area contributed by atoms with Crippen molar-refractivity contribution in [3.05, 3.63) is 77.2 Å². The fourth-order valence-electron chi connectivity index (χ4n) is 2.92. The summed E-state index contributed by atoms with van der Waals surface area (Å²) in [7, 11) is 1.63. The molecule has 2 aromatic heterocycles. The van der Waals surface area contributed by atoms with Gasteiger partial charge in [0.25, 0.3) is 0 Å². The van der Waals surface area contributed by atoms with Gasteiger partial charge < -0.3 is 10.1 Å². The maximum Gasteiger partial charge on any atom is 0.226 e.